The van der Waals surface area contributed by atoms with E-state index in [2.05, 4.69) is 4.98 Å². The molecule has 1 rings (SSSR count). The molecular formula is C9H12N2O2S. The average Bonchev–Trinajstić information content (AvgIpc) is 2.19. The lowest BCUT2D eigenvalue weighted by atomic mass is 10.3. The van der Waals surface area contributed by atoms with Gasteiger partial charge in [0, 0.05) is 25.3 Å². The summed E-state index contributed by atoms with van der Waals surface area (Å²) in [5.74, 6) is 0.663. The minimum absolute atomic E-state index is 0.118. The molecule has 0 unspecified atom stereocenters. The van der Waals surface area contributed by atoms with Crippen molar-refractivity contribution >= 4 is 17.2 Å². The molecule has 0 aliphatic heterocycles. The van der Waals surface area contributed by atoms with E-state index in [1.54, 1.807) is 18.3 Å². The van der Waals surface area contributed by atoms with E-state index in [0.29, 0.717) is 24.5 Å². The fourth-order valence-corrected chi connectivity index (χ4v) is 1.00. The minimum Gasteiger partial charge on any atom is -0.493 e. The monoisotopic (exact) mass is 212 g/mol. The number of thiocarbonyl (C=S) groups is 1. The molecule has 0 atom stereocenters. The molecule has 14 heavy (non-hydrogen) atoms. The van der Waals surface area contributed by atoms with Gasteiger partial charge in [0.25, 0.3) is 0 Å². The van der Waals surface area contributed by atoms with Gasteiger partial charge >= 0.3 is 0 Å². The molecule has 5 heteroatoms. The minimum atomic E-state index is 0.118. The van der Waals surface area contributed by atoms with Gasteiger partial charge in [-0.15, -0.1) is 0 Å². The van der Waals surface area contributed by atoms with E-state index >= 15 is 0 Å². The van der Waals surface area contributed by atoms with Gasteiger partial charge in [-0.1, -0.05) is 12.2 Å². The van der Waals surface area contributed by atoms with Crippen LogP contribution < -0.4 is 10.5 Å². The van der Waals surface area contributed by atoms with Crippen molar-refractivity contribution in [3.8, 4) is 5.75 Å². The molecule has 1 aromatic heterocycles. The molecule has 0 aliphatic carbocycles. The van der Waals surface area contributed by atoms with E-state index in [-0.39, 0.29) is 11.6 Å². The Balaban J connectivity index is 2.59. The summed E-state index contributed by atoms with van der Waals surface area (Å²) >= 11 is 4.78. The van der Waals surface area contributed by atoms with Crippen LogP contribution in [0.2, 0.25) is 0 Å². The number of ether oxygens (including phenoxy) is 1. The summed E-state index contributed by atoms with van der Waals surface area (Å²) in [4.78, 5) is 4.22. The molecule has 1 heterocycles. The Morgan fingerprint density at radius 1 is 1.64 bits per heavy atom. The second-order valence-corrected chi connectivity index (χ2v) is 3.11. The first-order valence-corrected chi connectivity index (χ1v) is 4.64. The molecule has 0 saturated heterocycles. The number of rotatable bonds is 5. The molecule has 76 valence electrons. The lowest BCUT2D eigenvalue weighted by Crippen LogP contribution is -2.11. The van der Waals surface area contributed by atoms with E-state index in [0.717, 1.165) is 0 Å². The predicted octanol–water partition coefficient (Wildman–Crippen LogP) is 0.477. The highest BCUT2D eigenvalue weighted by atomic mass is 32.1. The van der Waals surface area contributed by atoms with Crippen molar-refractivity contribution in [1.82, 2.24) is 4.98 Å². The maximum atomic E-state index is 8.55. The summed E-state index contributed by atoms with van der Waals surface area (Å²) in [6, 6.07) is 3.40. The van der Waals surface area contributed by atoms with Gasteiger partial charge in [0.05, 0.1) is 6.61 Å². The zero-order valence-corrected chi connectivity index (χ0v) is 8.46. The summed E-state index contributed by atoms with van der Waals surface area (Å²) in [7, 11) is 0. The molecule has 0 radical (unpaired) electrons. The topological polar surface area (TPSA) is 68.4 Å². The highest BCUT2D eigenvalue weighted by Crippen LogP contribution is 2.10. The fourth-order valence-electron chi connectivity index (χ4n) is 0.890. The van der Waals surface area contributed by atoms with E-state index in [9.17, 15) is 0 Å². The van der Waals surface area contributed by atoms with Crippen molar-refractivity contribution in [2.45, 2.75) is 6.42 Å². The summed E-state index contributed by atoms with van der Waals surface area (Å²) in [5, 5.41) is 8.55. The van der Waals surface area contributed by atoms with Crippen LogP contribution in [0.15, 0.2) is 18.3 Å². The van der Waals surface area contributed by atoms with E-state index in [4.69, 9.17) is 27.8 Å². The quantitative estimate of drug-likeness (QED) is 0.549. The number of pyridine rings is 1. The van der Waals surface area contributed by atoms with E-state index in [1.807, 2.05) is 0 Å². The zero-order valence-electron chi connectivity index (χ0n) is 7.64. The number of aliphatic hydroxyl groups is 1. The molecule has 0 aromatic carbocycles. The van der Waals surface area contributed by atoms with Gasteiger partial charge in [0.15, 0.2) is 0 Å². The van der Waals surface area contributed by atoms with Crippen molar-refractivity contribution in [2.75, 3.05) is 13.2 Å². The largest absolute Gasteiger partial charge is 0.493 e. The van der Waals surface area contributed by atoms with Crippen molar-refractivity contribution in [3.05, 3.63) is 24.0 Å². The molecule has 1 aromatic rings. The SMILES string of the molecule is NC(=S)c1cc(OCCCO)ccn1. The number of hydrogen-bond acceptors (Lipinski definition) is 4. The van der Waals surface area contributed by atoms with Crippen LogP contribution in [0.3, 0.4) is 0 Å². The molecule has 0 aliphatic rings. The standard InChI is InChI=1S/C9H12N2O2S/c10-9(14)8-6-7(2-3-11-8)13-5-1-4-12/h2-3,6,12H,1,4-5H2,(H2,10,14). The number of nitrogens with zero attached hydrogens (tertiary/aromatic N) is 1. The van der Waals surface area contributed by atoms with Crippen molar-refractivity contribution in [1.29, 1.82) is 0 Å². The molecule has 0 fully saturated rings. The van der Waals surface area contributed by atoms with E-state index < -0.39 is 0 Å². The lowest BCUT2D eigenvalue weighted by Gasteiger charge is -2.05. The second kappa shape index (κ2) is 5.51. The van der Waals surface area contributed by atoms with Crippen LogP contribution in [-0.2, 0) is 0 Å². The maximum Gasteiger partial charge on any atom is 0.123 e. The number of aliphatic hydroxyl groups excluding tert-OH is 1. The normalized spacial score (nSPS) is 9.79. The van der Waals surface area contributed by atoms with Gasteiger partial charge < -0.3 is 15.6 Å². The third kappa shape index (κ3) is 3.27. The van der Waals surface area contributed by atoms with Gasteiger partial charge in [-0.2, -0.15) is 0 Å². The Bertz CT molecular complexity index is 317. The van der Waals surface area contributed by atoms with Gasteiger partial charge in [-0.25, -0.2) is 0 Å². The van der Waals surface area contributed by atoms with Gasteiger partial charge in [-0.05, 0) is 6.07 Å². The highest BCUT2D eigenvalue weighted by molar-refractivity contribution is 7.80. The molecule has 0 amide bonds. The van der Waals surface area contributed by atoms with Crippen LogP contribution in [0.25, 0.3) is 0 Å². The lowest BCUT2D eigenvalue weighted by molar-refractivity contribution is 0.233. The summed E-state index contributed by atoms with van der Waals surface area (Å²) in [5.41, 5.74) is 5.95. The Labute approximate surface area is 87.7 Å². The number of hydrogen-bond donors (Lipinski definition) is 2. The first-order valence-electron chi connectivity index (χ1n) is 4.23. The van der Waals surface area contributed by atoms with Gasteiger partial charge in [0.1, 0.15) is 16.4 Å². The Hall–Kier alpha value is -1.20. The first kappa shape index (κ1) is 10.9. The van der Waals surface area contributed by atoms with Crippen LogP contribution in [0.5, 0.6) is 5.75 Å². The number of aromatic nitrogens is 1. The summed E-state index contributed by atoms with van der Waals surface area (Å²) < 4.78 is 5.32. The third-order valence-corrected chi connectivity index (χ3v) is 1.76. The molecule has 4 nitrogen and oxygen atoms in total. The van der Waals surface area contributed by atoms with Crippen LogP contribution in [0.4, 0.5) is 0 Å². The summed E-state index contributed by atoms with van der Waals surface area (Å²) in [6.07, 6.45) is 2.19. The Morgan fingerprint density at radius 2 is 2.43 bits per heavy atom. The first-order chi connectivity index (χ1) is 6.74. The Kier molecular flexibility index (Phi) is 4.28. The van der Waals surface area contributed by atoms with Crippen molar-refractivity contribution in [2.24, 2.45) is 5.73 Å². The van der Waals surface area contributed by atoms with Crippen molar-refractivity contribution in [3.63, 3.8) is 0 Å². The van der Waals surface area contributed by atoms with Crippen molar-refractivity contribution < 1.29 is 9.84 Å². The molecular weight excluding hydrogens is 200 g/mol. The average molecular weight is 212 g/mol. The molecule has 3 N–H and O–H groups in total. The van der Waals surface area contributed by atoms with Crippen LogP contribution >= 0.6 is 12.2 Å². The third-order valence-electron chi connectivity index (χ3n) is 1.56. The Morgan fingerprint density at radius 3 is 3.07 bits per heavy atom. The predicted molar refractivity (Wildman–Crippen MR) is 57.3 cm³/mol. The van der Waals surface area contributed by atoms with Gasteiger partial charge in [0.2, 0.25) is 0 Å². The second-order valence-electron chi connectivity index (χ2n) is 2.67. The van der Waals surface area contributed by atoms with Crippen LogP contribution in [0, 0.1) is 0 Å². The van der Waals surface area contributed by atoms with Crippen LogP contribution in [-0.4, -0.2) is 28.3 Å². The number of nitrogens with two attached hydrogens (primary N) is 1. The summed E-state index contributed by atoms with van der Waals surface area (Å²) in [6.45, 7) is 0.588. The fraction of sp³-hybridized carbons (Fsp3) is 0.333. The van der Waals surface area contributed by atoms with E-state index in [1.165, 1.54) is 0 Å². The maximum absolute atomic E-state index is 8.55. The molecule has 0 spiro atoms. The van der Waals surface area contributed by atoms with Gasteiger partial charge in [-0.3, -0.25) is 4.98 Å². The van der Waals surface area contributed by atoms with Crippen LogP contribution in [0.1, 0.15) is 12.1 Å². The smallest absolute Gasteiger partial charge is 0.123 e. The molecule has 0 bridgehead atoms. The highest BCUT2D eigenvalue weighted by Gasteiger charge is 2.00. The molecule has 0 saturated carbocycles. The zero-order chi connectivity index (χ0) is 10.4.